The Morgan fingerprint density at radius 3 is 2.69 bits per heavy atom. The maximum atomic E-state index is 12.2. The Kier molecular flexibility index (Phi) is 5.50. The molecule has 0 spiro atoms. The van der Waals surface area contributed by atoms with E-state index in [2.05, 4.69) is 20.9 Å². The highest BCUT2D eigenvalue weighted by Crippen LogP contribution is 2.20. The zero-order valence-corrected chi connectivity index (χ0v) is 15.1. The molecule has 1 aliphatic heterocycles. The molecule has 0 bridgehead atoms. The quantitative estimate of drug-likeness (QED) is 0.822. The van der Waals surface area contributed by atoms with Crippen molar-refractivity contribution in [1.82, 2.24) is 30.5 Å². The molecular formula is C18H24N6O2. The summed E-state index contributed by atoms with van der Waals surface area (Å²) in [6, 6.07) is 9.84. The maximum absolute atomic E-state index is 12.2. The molecule has 2 heterocycles. The molecule has 3 rings (SSSR count). The summed E-state index contributed by atoms with van der Waals surface area (Å²) in [4.78, 5) is 25.9. The number of carbonyl (C=O) groups is 2. The van der Waals surface area contributed by atoms with Gasteiger partial charge >= 0.3 is 6.03 Å². The van der Waals surface area contributed by atoms with Crippen LogP contribution in [0.3, 0.4) is 0 Å². The van der Waals surface area contributed by atoms with E-state index in [4.69, 9.17) is 0 Å². The van der Waals surface area contributed by atoms with Gasteiger partial charge in [-0.15, -0.1) is 5.10 Å². The molecule has 0 radical (unpaired) electrons. The average Bonchev–Trinajstić information content (AvgIpc) is 3.08. The van der Waals surface area contributed by atoms with Gasteiger partial charge in [0.15, 0.2) is 5.69 Å². The lowest BCUT2D eigenvalue weighted by atomic mass is 10.1. The monoisotopic (exact) mass is 356 g/mol. The highest BCUT2D eigenvalue weighted by atomic mass is 16.2. The number of hydrogen-bond acceptors (Lipinski definition) is 4. The van der Waals surface area contributed by atoms with Crippen molar-refractivity contribution in [3.8, 4) is 0 Å². The summed E-state index contributed by atoms with van der Waals surface area (Å²) in [5.41, 5.74) is 1.30. The van der Waals surface area contributed by atoms with Crippen molar-refractivity contribution < 1.29 is 9.59 Å². The van der Waals surface area contributed by atoms with Gasteiger partial charge in [0.2, 0.25) is 0 Å². The molecule has 1 atom stereocenters. The average molecular weight is 356 g/mol. The predicted molar refractivity (Wildman–Crippen MR) is 96.5 cm³/mol. The van der Waals surface area contributed by atoms with Crippen LogP contribution in [0.2, 0.25) is 0 Å². The first-order valence-corrected chi connectivity index (χ1v) is 8.86. The molecule has 1 unspecified atom stereocenters. The van der Waals surface area contributed by atoms with Crippen molar-refractivity contribution >= 4 is 11.9 Å². The van der Waals surface area contributed by atoms with Crippen LogP contribution in [0.25, 0.3) is 0 Å². The van der Waals surface area contributed by atoms with E-state index in [1.807, 2.05) is 44.2 Å². The van der Waals surface area contributed by atoms with Gasteiger partial charge in [0.25, 0.3) is 5.91 Å². The Hall–Kier alpha value is -2.90. The standard InChI is InChI=1S/C18H24N6O2/c1-3-13(2)20-18(26)23-10-15(11-23)24-12-16(21-22-24)17(25)19-9-14-7-5-4-6-8-14/h4-8,12-13,15H,3,9-11H2,1-2H3,(H,19,25)(H,20,26). The number of urea groups is 1. The van der Waals surface area contributed by atoms with Crippen LogP contribution < -0.4 is 10.6 Å². The van der Waals surface area contributed by atoms with E-state index in [0.29, 0.717) is 19.6 Å². The number of amides is 3. The third kappa shape index (κ3) is 4.19. The van der Waals surface area contributed by atoms with Gasteiger partial charge in [-0.1, -0.05) is 42.5 Å². The van der Waals surface area contributed by atoms with E-state index in [0.717, 1.165) is 12.0 Å². The lowest BCUT2D eigenvalue weighted by Crippen LogP contribution is -2.55. The van der Waals surface area contributed by atoms with E-state index in [9.17, 15) is 9.59 Å². The van der Waals surface area contributed by atoms with Gasteiger partial charge in [-0.05, 0) is 18.9 Å². The zero-order chi connectivity index (χ0) is 18.5. The van der Waals surface area contributed by atoms with Crippen LogP contribution >= 0.6 is 0 Å². The van der Waals surface area contributed by atoms with Gasteiger partial charge in [0.1, 0.15) is 0 Å². The fraction of sp³-hybridized carbons (Fsp3) is 0.444. The molecule has 1 saturated heterocycles. The van der Waals surface area contributed by atoms with Gasteiger partial charge in [0, 0.05) is 25.7 Å². The van der Waals surface area contributed by atoms with E-state index in [1.54, 1.807) is 15.8 Å². The lowest BCUT2D eigenvalue weighted by Gasteiger charge is -2.39. The molecule has 2 N–H and O–H groups in total. The Labute approximate surface area is 152 Å². The minimum absolute atomic E-state index is 0.0563. The third-order valence-electron chi connectivity index (χ3n) is 4.54. The summed E-state index contributed by atoms with van der Waals surface area (Å²) >= 11 is 0. The van der Waals surface area contributed by atoms with Crippen LogP contribution in [-0.2, 0) is 6.54 Å². The van der Waals surface area contributed by atoms with E-state index in [-0.39, 0.29) is 29.7 Å². The van der Waals surface area contributed by atoms with Crippen LogP contribution in [0.5, 0.6) is 0 Å². The molecule has 26 heavy (non-hydrogen) atoms. The minimum atomic E-state index is -0.259. The highest BCUT2D eigenvalue weighted by molar-refractivity contribution is 5.91. The predicted octanol–water partition coefficient (Wildman–Crippen LogP) is 1.57. The maximum Gasteiger partial charge on any atom is 0.317 e. The van der Waals surface area contributed by atoms with Crippen molar-refractivity contribution in [3.63, 3.8) is 0 Å². The second-order valence-corrected chi connectivity index (χ2v) is 6.57. The fourth-order valence-corrected chi connectivity index (χ4v) is 2.62. The normalized spacial score (nSPS) is 15.2. The van der Waals surface area contributed by atoms with Crippen LogP contribution in [0.4, 0.5) is 4.79 Å². The largest absolute Gasteiger partial charge is 0.347 e. The molecule has 0 saturated carbocycles. The van der Waals surface area contributed by atoms with Gasteiger partial charge in [0.05, 0.1) is 12.2 Å². The second-order valence-electron chi connectivity index (χ2n) is 6.57. The molecule has 1 fully saturated rings. The molecule has 8 nitrogen and oxygen atoms in total. The molecule has 8 heteroatoms. The van der Waals surface area contributed by atoms with Crippen molar-refractivity contribution in [3.05, 3.63) is 47.8 Å². The SMILES string of the molecule is CCC(C)NC(=O)N1CC(n2cc(C(=O)NCc3ccccc3)nn2)C1. The Balaban J connectivity index is 1.48. The first-order valence-electron chi connectivity index (χ1n) is 8.86. The summed E-state index contributed by atoms with van der Waals surface area (Å²) in [7, 11) is 0. The lowest BCUT2D eigenvalue weighted by molar-refractivity contribution is 0.0945. The van der Waals surface area contributed by atoms with Crippen LogP contribution in [0.1, 0.15) is 42.4 Å². The number of hydrogen-bond donors (Lipinski definition) is 2. The summed E-state index contributed by atoms with van der Waals surface area (Å²) in [6.45, 7) is 5.59. The number of nitrogens with zero attached hydrogens (tertiary/aromatic N) is 4. The highest BCUT2D eigenvalue weighted by Gasteiger charge is 2.33. The first-order chi connectivity index (χ1) is 12.6. The van der Waals surface area contributed by atoms with Crippen LogP contribution in [0.15, 0.2) is 36.5 Å². The molecule has 1 aromatic carbocycles. The topological polar surface area (TPSA) is 92.2 Å². The van der Waals surface area contributed by atoms with Crippen molar-refractivity contribution in [2.24, 2.45) is 0 Å². The van der Waals surface area contributed by atoms with Crippen molar-refractivity contribution in [1.29, 1.82) is 0 Å². The van der Waals surface area contributed by atoms with E-state index in [1.165, 1.54) is 0 Å². The Bertz CT molecular complexity index is 754. The van der Waals surface area contributed by atoms with Crippen LogP contribution in [-0.4, -0.2) is 51.0 Å². The van der Waals surface area contributed by atoms with Crippen molar-refractivity contribution in [2.75, 3.05) is 13.1 Å². The number of nitrogens with one attached hydrogen (secondary N) is 2. The summed E-state index contributed by atoms with van der Waals surface area (Å²) < 4.78 is 1.66. The summed E-state index contributed by atoms with van der Waals surface area (Å²) in [5, 5.41) is 13.7. The zero-order valence-electron chi connectivity index (χ0n) is 15.1. The molecule has 2 aromatic rings. The molecule has 1 aromatic heterocycles. The number of rotatable bonds is 6. The second kappa shape index (κ2) is 7.99. The van der Waals surface area contributed by atoms with Gasteiger partial charge in [-0.3, -0.25) is 4.79 Å². The molecular weight excluding hydrogens is 332 g/mol. The first kappa shape index (κ1) is 17.9. The fourth-order valence-electron chi connectivity index (χ4n) is 2.62. The number of carbonyl (C=O) groups excluding carboxylic acids is 2. The Morgan fingerprint density at radius 2 is 2.00 bits per heavy atom. The van der Waals surface area contributed by atoms with Crippen molar-refractivity contribution in [2.45, 2.75) is 38.9 Å². The minimum Gasteiger partial charge on any atom is -0.347 e. The van der Waals surface area contributed by atoms with Gasteiger partial charge in [-0.25, -0.2) is 9.48 Å². The number of likely N-dealkylation sites (tertiary alicyclic amines) is 1. The molecule has 0 aliphatic carbocycles. The molecule has 138 valence electrons. The van der Waals surface area contributed by atoms with E-state index >= 15 is 0 Å². The molecule has 1 aliphatic rings. The summed E-state index contributed by atoms with van der Waals surface area (Å²) in [6.07, 6.45) is 2.53. The number of benzene rings is 1. The smallest absolute Gasteiger partial charge is 0.317 e. The number of aromatic nitrogens is 3. The third-order valence-corrected chi connectivity index (χ3v) is 4.54. The van der Waals surface area contributed by atoms with E-state index < -0.39 is 0 Å². The summed E-state index contributed by atoms with van der Waals surface area (Å²) in [5.74, 6) is -0.259. The van der Waals surface area contributed by atoms with Crippen LogP contribution in [0, 0.1) is 0 Å². The molecule has 3 amide bonds. The Morgan fingerprint density at radius 1 is 1.27 bits per heavy atom. The van der Waals surface area contributed by atoms with Gasteiger partial charge < -0.3 is 15.5 Å². The van der Waals surface area contributed by atoms with Gasteiger partial charge in [-0.2, -0.15) is 0 Å².